The van der Waals surface area contributed by atoms with Crippen LogP contribution in [0.2, 0.25) is 0 Å². The Morgan fingerprint density at radius 1 is 1.09 bits per heavy atom. The molecule has 0 fully saturated rings. The zero-order valence-electron chi connectivity index (χ0n) is 16.7. The smallest absolute Gasteiger partial charge is 0.287 e. The first-order valence-corrected chi connectivity index (χ1v) is 9.60. The van der Waals surface area contributed by atoms with Gasteiger partial charge in [0, 0.05) is 18.2 Å². The minimum Gasteiger partial charge on any atom is -0.445 e. The third kappa shape index (κ3) is 4.43. The van der Waals surface area contributed by atoms with Crippen LogP contribution in [0.4, 0.5) is 0 Å². The van der Waals surface area contributed by atoms with Gasteiger partial charge in [-0.05, 0) is 17.7 Å². The average Bonchev–Trinajstić information content (AvgIpc) is 3.51. The summed E-state index contributed by atoms with van der Waals surface area (Å²) in [5.74, 6) is -1.84. The molecule has 0 saturated heterocycles. The molecule has 32 heavy (non-hydrogen) atoms. The summed E-state index contributed by atoms with van der Waals surface area (Å²) in [4.78, 5) is 49.3. The monoisotopic (exact) mass is 430 g/mol. The van der Waals surface area contributed by atoms with Crippen molar-refractivity contribution in [2.45, 2.75) is 12.5 Å². The van der Waals surface area contributed by atoms with Gasteiger partial charge in [-0.2, -0.15) is 0 Å². The van der Waals surface area contributed by atoms with E-state index in [1.54, 1.807) is 42.6 Å². The Kier molecular flexibility index (Phi) is 5.84. The first-order valence-electron chi connectivity index (χ1n) is 9.60. The first kappa shape index (κ1) is 20.7. The number of nitrogens with two attached hydrogens (primary N) is 1. The summed E-state index contributed by atoms with van der Waals surface area (Å²) < 4.78 is 6.76. The number of primary amides is 1. The van der Waals surface area contributed by atoms with Gasteiger partial charge < -0.3 is 15.5 Å². The maximum Gasteiger partial charge on any atom is 0.287 e. The highest BCUT2D eigenvalue weighted by Crippen LogP contribution is 2.19. The second kappa shape index (κ2) is 9.04. The maximum atomic E-state index is 13.0. The molecule has 4 rings (SSSR count). The number of ketones is 1. The van der Waals surface area contributed by atoms with E-state index >= 15 is 0 Å². The SMILES string of the molecule is NC(=O)C(=O)C(Cc1ccccc1)NC(=O)c1cncn1-c1cc(-c2ncco2)ccn1. The van der Waals surface area contributed by atoms with Crippen molar-refractivity contribution in [3.05, 3.63) is 84.9 Å². The van der Waals surface area contributed by atoms with Crippen molar-refractivity contribution in [2.24, 2.45) is 5.73 Å². The molecule has 2 amide bonds. The van der Waals surface area contributed by atoms with Crippen LogP contribution in [0.5, 0.6) is 0 Å². The number of Topliss-reactive ketones (excluding diaryl/α,β-unsaturated/α-hetero) is 1. The van der Waals surface area contributed by atoms with Crippen LogP contribution in [0.3, 0.4) is 0 Å². The molecule has 3 N–H and O–H groups in total. The highest BCUT2D eigenvalue weighted by atomic mass is 16.3. The number of benzene rings is 1. The van der Waals surface area contributed by atoms with Gasteiger partial charge in [-0.15, -0.1) is 0 Å². The molecule has 0 saturated carbocycles. The fourth-order valence-electron chi connectivity index (χ4n) is 3.16. The van der Waals surface area contributed by atoms with Crippen LogP contribution < -0.4 is 11.1 Å². The fourth-order valence-corrected chi connectivity index (χ4v) is 3.16. The van der Waals surface area contributed by atoms with E-state index in [-0.39, 0.29) is 12.1 Å². The van der Waals surface area contributed by atoms with Crippen LogP contribution in [-0.4, -0.2) is 43.2 Å². The van der Waals surface area contributed by atoms with Crippen LogP contribution in [0.1, 0.15) is 16.1 Å². The van der Waals surface area contributed by atoms with Crippen molar-refractivity contribution >= 4 is 17.6 Å². The molecular weight excluding hydrogens is 412 g/mol. The molecule has 10 heteroatoms. The number of imidazole rings is 1. The summed E-state index contributed by atoms with van der Waals surface area (Å²) in [5, 5.41) is 2.59. The lowest BCUT2D eigenvalue weighted by atomic mass is 10.0. The summed E-state index contributed by atoms with van der Waals surface area (Å²) in [6.45, 7) is 0. The Morgan fingerprint density at radius 2 is 1.91 bits per heavy atom. The molecular formula is C22H18N6O4. The highest BCUT2D eigenvalue weighted by Gasteiger charge is 2.27. The van der Waals surface area contributed by atoms with Gasteiger partial charge in [-0.25, -0.2) is 15.0 Å². The molecule has 4 aromatic rings. The first-order chi connectivity index (χ1) is 15.5. The van der Waals surface area contributed by atoms with Gasteiger partial charge in [0.05, 0.1) is 12.4 Å². The molecule has 3 aromatic heterocycles. The lowest BCUT2D eigenvalue weighted by molar-refractivity contribution is -0.137. The Morgan fingerprint density at radius 3 is 2.62 bits per heavy atom. The van der Waals surface area contributed by atoms with Crippen LogP contribution in [0.15, 0.2) is 78.1 Å². The van der Waals surface area contributed by atoms with E-state index in [1.165, 1.54) is 29.6 Å². The van der Waals surface area contributed by atoms with E-state index in [1.807, 2.05) is 6.07 Å². The number of nitrogens with one attached hydrogen (secondary N) is 1. The lowest BCUT2D eigenvalue weighted by Gasteiger charge is -2.17. The highest BCUT2D eigenvalue weighted by molar-refractivity contribution is 6.38. The normalized spacial score (nSPS) is 11.6. The molecule has 1 unspecified atom stereocenters. The van der Waals surface area contributed by atoms with Crippen molar-refractivity contribution in [1.29, 1.82) is 0 Å². The second-order valence-corrected chi connectivity index (χ2v) is 6.83. The molecule has 0 aliphatic rings. The molecule has 0 spiro atoms. The molecule has 1 aromatic carbocycles. The topological polar surface area (TPSA) is 146 Å². The van der Waals surface area contributed by atoms with Gasteiger partial charge in [0.1, 0.15) is 30.1 Å². The van der Waals surface area contributed by atoms with Gasteiger partial charge in [0.2, 0.25) is 11.7 Å². The van der Waals surface area contributed by atoms with E-state index in [0.29, 0.717) is 17.3 Å². The number of amides is 2. The molecule has 10 nitrogen and oxygen atoms in total. The largest absolute Gasteiger partial charge is 0.445 e. The predicted octanol–water partition coefficient (Wildman–Crippen LogP) is 1.32. The average molecular weight is 430 g/mol. The fraction of sp³-hybridized carbons (Fsp3) is 0.0909. The van der Waals surface area contributed by atoms with E-state index < -0.39 is 23.6 Å². The molecule has 0 aliphatic carbocycles. The van der Waals surface area contributed by atoms with Gasteiger partial charge in [0.15, 0.2) is 0 Å². The van der Waals surface area contributed by atoms with Crippen molar-refractivity contribution in [2.75, 3.05) is 0 Å². The molecule has 3 heterocycles. The zero-order chi connectivity index (χ0) is 22.5. The second-order valence-electron chi connectivity index (χ2n) is 6.83. The molecule has 0 bridgehead atoms. The minimum atomic E-state index is -1.13. The number of aromatic nitrogens is 4. The summed E-state index contributed by atoms with van der Waals surface area (Å²) in [6.07, 6.45) is 7.38. The summed E-state index contributed by atoms with van der Waals surface area (Å²) >= 11 is 0. The van der Waals surface area contributed by atoms with E-state index in [2.05, 4.69) is 20.3 Å². The number of carbonyl (C=O) groups excluding carboxylic acids is 3. The van der Waals surface area contributed by atoms with Crippen molar-refractivity contribution in [3.63, 3.8) is 0 Å². The number of rotatable bonds is 8. The molecule has 1 atom stereocenters. The summed E-state index contributed by atoms with van der Waals surface area (Å²) in [7, 11) is 0. The number of pyridine rings is 1. The Hall–Kier alpha value is -4.60. The number of hydrogen-bond donors (Lipinski definition) is 2. The van der Waals surface area contributed by atoms with Crippen LogP contribution >= 0.6 is 0 Å². The van der Waals surface area contributed by atoms with E-state index in [0.717, 1.165) is 5.56 Å². The van der Waals surface area contributed by atoms with Crippen molar-refractivity contribution < 1.29 is 18.8 Å². The Bertz CT molecular complexity index is 1250. The number of hydrogen-bond acceptors (Lipinski definition) is 7. The van der Waals surface area contributed by atoms with Crippen molar-refractivity contribution in [1.82, 2.24) is 24.8 Å². The number of nitrogens with zero attached hydrogens (tertiary/aromatic N) is 4. The Labute approximate surface area is 182 Å². The Balaban J connectivity index is 1.60. The summed E-state index contributed by atoms with van der Waals surface area (Å²) in [5.41, 5.74) is 6.73. The van der Waals surface area contributed by atoms with Gasteiger partial charge in [-0.1, -0.05) is 30.3 Å². The standard InChI is InChI=1S/C22H18N6O4/c23-20(30)19(29)16(10-14-4-2-1-3-5-14)27-21(31)17-12-24-13-28(17)18-11-15(6-7-25-18)22-26-8-9-32-22/h1-9,11-13,16H,10H2,(H2,23,30)(H,27,31). The van der Waals surface area contributed by atoms with E-state index in [4.69, 9.17) is 10.2 Å². The van der Waals surface area contributed by atoms with Crippen LogP contribution in [0, 0.1) is 0 Å². The molecule has 0 aliphatic heterocycles. The van der Waals surface area contributed by atoms with Gasteiger partial charge in [0.25, 0.3) is 11.8 Å². The van der Waals surface area contributed by atoms with Crippen LogP contribution in [0.25, 0.3) is 17.3 Å². The third-order valence-corrected chi connectivity index (χ3v) is 4.69. The number of carbonyl (C=O) groups is 3. The lowest BCUT2D eigenvalue weighted by Crippen LogP contribution is -2.47. The van der Waals surface area contributed by atoms with Crippen molar-refractivity contribution in [3.8, 4) is 17.3 Å². The zero-order valence-corrected chi connectivity index (χ0v) is 16.7. The third-order valence-electron chi connectivity index (χ3n) is 4.69. The quantitative estimate of drug-likeness (QED) is 0.401. The molecule has 0 radical (unpaired) electrons. The summed E-state index contributed by atoms with van der Waals surface area (Å²) in [6, 6.07) is 11.3. The maximum absolute atomic E-state index is 13.0. The molecule has 160 valence electrons. The van der Waals surface area contributed by atoms with Gasteiger partial charge >= 0.3 is 0 Å². The van der Waals surface area contributed by atoms with Crippen LogP contribution in [-0.2, 0) is 16.0 Å². The van der Waals surface area contributed by atoms with E-state index in [9.17, 15) is 14.4 Å². The van der Waals surface area contributed by atoms with Gasteiger partial charge in [-0.3, -0.25) is 19.0 Å². The predicted molar refractivity (Wildman–Crippen MR) is 112 cm³/mol. The minimum absolute atomic E-state index is 0.111. The number of oxazole rings is 1.